The highest BCUT2D eigenvalue weighted by Gasteiger charge is 2.42. The fourth-order valence-electron chi connectivity index (χ4n) is 4.65. The largest absolute Gasteiger partial charge is 0.488 e. The molecular weight excluding hydrogens is 368 g/mol. The van der Waals surface area contributed by atoms with Gasteiger partial charge in [-0.25, -0.2) is 4.79 Å². The molecule has 1 saturated carbocycles. The Labute approximate surface area is 171 Å². The Kier molecular flexibility index (Phi) is 5.83. The number of aliphatic hydroxyl groups is 1. The van der Waals surface area contributed by atoms with Crippen LogP contribution in [0.1, 0.15) is 34.6 Å². The molecule has 4 atom stereocenters. The molecule has 2 aliphatic rings. The average molecular weight is 396 g/mol. The van der Waals surface area contributed by atoms with Crippen LogP contribution in [0.15, 0.2) is 42.5 Å². The van der Waals surface area contributed by atoms with Gasteiger partial charge in [0.05, 0.1) is 24.5 Å². The number of pyridine rings is 1. The summed E-state index contributed by atoms with van der Waals surface area (Å²) in [6, 6.07) is 13.1. The maximum Gasteiger partial charge on any atom is 0.337 e. The standard InChI is InChI=1S/C23H28N2O4/c1-15-5-3-7-19(24-15)14-25-12-17-10-21(26)22(11-18(17)13-25)29-20-8-4-6-16(9-20)23(27)28-2/h3-9,17-18,21-22,26H,10-14H2,1-2H3/t17-,18+,21+,22+/m0/s1. The molecule has 1 aliphatic heterocycles. The van der Waals surface area contributed by atoms with Crippen molar-refractivity contribution in [3.05, 3.63) is 59.4 Å². The van der Waals surface area contributed by atoms with Crippen LogP contribution in [0.2, 0.25) is 0 Å². The third-order valence-electron chi connectivity index (χ3n) is 6.03. The summed E-state index contributed by atoms with van der Waals surface area (Å²) in [5.41, 5.74) is 2.58. The molecule has 0 spiro atoms. The van der Waals surface area contributed by atoms with E-state index in [2.05, 4.69) is 22.0 Å². The van der Waals surface area contributed by atoms with E-state index in [9.17, 15) is 9.90 Å². The van der Waals surface area contributed by atoms with E-state index in [1.165, 1.54) is 7.11 Å². The summed E-state index contributed by atoms with van der Waals surface area (Å²) >= 11 is 0. The van der Waals surface area contributed by atoms with E-state index in [1.807, 2.05) is 19.1 Å². The number of methoxy groups -OCH3 is 1. The zero-order chi connectivity index (χ0) is 20.4. The van der Waals surface area contributed by atoms with Crippen molar-refractivity contribution >= 4 is 5.97 Å². The molecule has 1 aliphatic carbocycles. The van der Waals surface area contributed by atoms with Crippen molar-refractivity contribution in [1.29, 1.82) is 0 Å². The second kappa shape index (κ2) is 8.51. The van der Waals surface area contributed by atoms with Crippen LogP contribution >= 0.6 is 0 Å². The van der Waals surface area contributed by atoms with E-state index < -0.39 is 12.1 Å². The van der Waals surface area contributed by atoms with Gasteiger partial charge in [0, 0.05) is 25.3 Å². The molecule has 1 aromatic heterocycles. The molecule has 0 radical (unpaired) electrons. The average Bonchev–Trinajstić information content (AvgIpc) is 3.08. The molecule has 0 amide bonds. The van der Waals surface area contributed by atoms with Crippen molar-refractivity contribution < 1.29 is 19.4 Å². The highest BCUT2D eigenvalue weighted by atomic mass is 16.5. The highest BCUT2D eigenvalue weighted by Crippen LogP contribution is 2.38. The highest BCUT2D eigenvalue weighted by molar-refractivity contribution is 5.89. The Morgan fingerprint density at radius 2 is 1.93 bits per heavy atom. The van der Waals surface area contributed by atoms with Crippen LogP contribution in [-0.2, 0) is 11.3 Å². The molecule has 6 nitrogen and oxygen atoms in total. The molecule has 2 fully saturated rings. The predicted molar refractivity (Wildman–Crippen MR) is 109 cm³/mol. The first-order valence-corrected chi connectivity index (χ1v) is 10.2. The maximum absolute atomic E-state index is 11.7. The van der Waals surface area contributed by atoms with Gasteiger partial charge in [-0.05, 0) is 61.9 Å². The van der Waals surface area contributed by atoms with E-state index >= 15 is 0 Å². The number of esters is 1. The maximum atomic E-state index is 11.7. The van der Waals surface area contributed by atoms with Gasteiger partial charge in [0.2, 0.25) is 0 Å². The SMILES string of the molecule is COC(=O)c1cccc(O[C@@H]2C[C@@H]3CN(Cc4cccc(C)n4)C[C@@H]3C[C@H]2O)c1. The van der Waals surface area contributed by atoms with E-state index in [0.717, 1.165) is 43.9 Å². The molecule has 6 heteroatoms. The molecule has 2 aromatic rings. The minimum Gasteiger partial charge on any atom is -0.488 e. The number of ether oxygens (including phenoxy) is 2. The molecule has 0 bridgehead atoms. The minimum absolute atomic E-state index is 0.263. The number of aliphatic hydroxyl groups excluding tert-OH is 1. The Morgan fingerprint density at radius 3 is 2.69 bits per heavy atom. The summed E-state index contributed by atoms with van der Waals surface area (Å²) in [5, 5.41) is 10.7. The molecule has 2 heterocycles. The van der Waals surface area contributed by atoms with E-state index in [1.54, 1.807) is 18.2 Å². The second-order valence-corrected chi connectivity index (χ2v) is 8.20. The Morgan fingerprint density at radius 1 is 1.17 bits per heavy atom. The lowest BCUT2D eigenvalue weighted by atomic mass is 9.78. The van der Waals surface area contributed by atoms with Crippen LogP contribution in [0.4, 0.5) is 0 Å². The molecule has 1 saturated heterocycles. The van der Waals surface area contributed by atoms with Gasteiger partial charge < -0.3 is 14.6 Å². The first-order valence-electron chi connectivity index (χ1n) is 10.2. The Balaban J connectivity index is 1.38. The lowest BCUT2D eigenvalue weighted by Crippen LogP contribution is -2.42. The number of aryl methyl sites for hydroxylation is 1. The van der Waals surface area contributed by atoms with Crippen molar-refractivity contribution in [2.75, 3.05) is 20.2 Å². The number of fused-ring (bicyclic) bond motifs is 1. The summed E-state index contributed by atoms with van der Waals surface area (Å²) in [4.78, 5) is 18.8. The minimum atomic E-state index is -0.505. The topological polar surface area (TPSA) is 71.9 Å². The zero-order valence-corrected chi connectivity index (χ0v) is 17.0. The summed E-state index contributed by atoms with van der Waals surface area (Å²) in [6.45, 7) is 4.84. The first-order chi connectivity index (χ1) is 14.0. The van der Waals surface area contributed by atoms with Gasteiger partial charge in [-0.2, -0.15) is 0 Å². The van der Waals surface area contributed by atoms with Crippen molar-refractivity contribution in [3.8, 4) is 5.75 Å². The van der Waals surface area contributed by atoms with Gasteiger partial charge in [0.1, 0.15) is 11.9 Å². The zero-order valence-electron chi connectivity index (χ0n) is 17.0. The van der Waals surface area contributed by atoms with E-state index in [4.69, 9.17) is 9.47 Å². The van der Waals surface area contributed by atoms with E-state index in [0.29, 0.717) is 23.1 Å². The summed E-state index contributed by atoms with van der Waals surface area (Å²) in [6.07, 6.45) is 0.784. The van der Waals surface area contributed by atoms with Gasteiger partial charge in [-0.1, -0.05) is 12.1 Å². The van der Waals surface area contributed by atoms with E-state index in [-0.39, 0.29) is 6.10 Å². The Hall–Kier alpha value is -2.44. The van der Waals surface area contributed by atoms with Crippen LogP contribution in [0.25, 0.3) is 0 Å². The number of benzene rings is 1. The first kappa shape index (κ1) is 19.9. The van der Waals surface area contributed by atoms with Gasteiger partial charge >= 0.3 is 5.97 Å². The number of nitrogens with zero attached hydrogens (tertiary/aromatic N) is 2. The number of carbonyl (C=O) groups excluding carboxylic acids is 1. The van der Waals surface area contributed by atoms with Crippen LogP contribution in [0.3, 0.4) is 0 Å². The fourth-order valence-corrected chi connectivity index (χ4v) is 4.65. The van der Waals surface area contributed by atoms with Crippen molar-refractivity contribution in [2.45, 2.75) is 38.5 Å². The predicted octanol–water partition coefficient (Wildman–Crippen LogP) is 2.83. The smallest absolute Gasteiger partial charge is 0.337 e. The quantitative estimate of drug-likeness (QED) is 0.784. The number of hydrogen-bond acceptors (Lipinski definition) is 6. The van der Waals surface area contributed by atoms with Crippen LogP contribution in [-0.4, -0.2) is 53.4 Å². The monoisotopic (exact) mass is 396 g/mol. The molecule has 154 valence electrons. The van der Waals surface area contributed by atoms with Crippen LogP contribution in [0, 0.1) is 18.8 Å². The molecule has 1 N–H and O–H groups in total. The van der Waals surface area contributed by atoms with Gasteiger partial charge in [-0.3, -0.25) is 9.88 Å². The lowest BCUT2D eigenvalue weighted by Gasteiger charge is -2.35. The molecule has 29 heavy (non-hydrogen) atoms. The molecule has 4 rings (SSSR count). The van der Waals surface area contributed by atoms with Crippen molar-refractivity contribution in [3.63, 3.8) is 0 Å². The van der Waals surface area contributed by atoms with Crippen molar-refractivity contribution in [2.24, 2.45) is 11.8 Å². The summed E-state index contributed by atoms with van der Waals surface area (Å²) in [7, 11) is 1.36. The number of rotatable bonds is 5. The lowest BCUT2D eigenvalue weighted by molar-refractivity contribution is -0.0231. The third-order valence-corrected chi connectivity index (χ3v) is 6.03. The van der Waals surface area contributed by atoms with Gasteiger partial charge in [0.15, 0.2) is 0 Å². The second-order valence-electron chi connectivity index (χ2n) is 8.20. The molecular formula is C23H28N2O4. The number of carbonyl (C=O) groups is 1. The number of aromatic nitrogens is 1. The molecule has 0 unspecified atom stereocenters. The van der Waals surface area contributed by atoms with Crippen LogP contribution < -0.4 is 4.74 Å². The Bertz CT molecular complexity index is 871. The normalized spacial score (nSPS) is 26.7. The van der Waals surface area contributed by atoms with Gasteiger partial charge in [-0.15, -0.1) is 0 Å². The number of hydrogen-bond donors (Lipinski definition) is 1. The summed E-state index contributed by atoms with van der Waals surface area (Å²) < 4.78 is 10.9. The van der Waals surface area contributed by atoms with Crippen molar-refractivity contribution in [1.82, 2.24) is 9.88 Å². The van der Waals surface area contributed by atoms with Gasteiger partial charge in [0.25, 0.3) is 0 Å². The third kappa shape index (κ3) is 4.60. The fraction of sp³-hybridized carbons (Fsp3) is 0.478. The number of likely N-dealkylation sites (tertiary alicyclic amines) is 1. The van der Waals surface area contributed by atoms with Crippen LogP contribution in [0.5, 0.6) is 5.75 Å². The summed E-state index contributed by atoms with van der Waals surface area (Å²) in [5.74, 6) is 1.18. The molecule has 1 aromatic carbocycles.